The lowest BCUT2D eigenvalue weighted by Crippen LogP contribution is -2.40. The molecule has 0 aliphatic carbocycles. The van der Waals surface area contributed by atoms with Crippen LogP contribution in [0.2, 0.25) is 5.02 Å². The molecule has 1 saturated heterocycles. The van der Waals surface area contributed by atoms with Crippen molar-refractivity contribution in [2.75, 3.05) is 18.4 Å². The van der Waals surface area contributed by atoms with Crippen LogP contribution >= 0.6 is 11.6 Å². The Bertz CT molecular complexity index is 1150. The number of rotatable bonds is 7. The summed E-state index contributed by atoms with van der Waals surface area (Å²) in [7, 11) is 0. The van der Waals surface area contributed by atoms with Gasteiger partial charge in [0.25, 0.3) is 0 Å². The smallest absolute Gasteiger partial charge is 0.245 e. The maximum absolute atomic E-state index is 12.8. The summed E-state index contributed by atoms with van der Waals surface area (Å²) >= 11 is 6.04. The van der Waals surface area contributed by atoms with Crippen molar-refractivity contribution in [1.29, 1.82) is 0 Å². The molecule has 0 saturated carbocycles. The minimum absolute atomic E-state index is 0.0869. The fourth-order valence-corrected chi connectivity index (χ4v) is 3.90. The van der Waals surface area contributed by atoms with E-state index in [1.54, 1.807) is 35.4 Å². The number of hydrogen-bond acceptors (Lipinski definition) is 5. The minimum Gasteiger partial charge on any atom is -0.482 e. The molecule has 33 heavy (non-hydrogen) atoms. The van der Waals surface area contributed by atoms with Gasteiger partial charge in [-0.3, -0.25) is 9.59 Å². The van der Waals surface area contributed by atoms with Crippen LogP contribution in [0.1, 0.15) is 18.7 Å². The van der Waals surface area contributed by atoms with Crippen molar-refractivity contribution in [3.63, 3.8) is 0 Å². The van der Waals surface area contributed by atoms with E-state index >= 15 is 0 Å². The number of oxazole rings is 1. The molecule has 2 amide bonds. The molecule has 2 heterocycles. The van der Waals surface area contributed by atoms with Crippen LogP contribution in [0.4, 0.5) is 5.69 Å². The Balaban J connectivity index is 1.36. The zero-order chi connectivity index (χ0) is 23.2. The van der Waals surface area contributed by atoms with Gasteiger partial charge >= 0.3 is 0 Å². The molecule has 1 N–H and O–H groups in total. The van der Waals surface area contributed by atoms with E-state index in [1.807, 2.05) is 24.3 Å². The number of likely N-dealkylation sites (tertiary alicyclic amines) is 1. The number of amides is 2. The van der Waals surface area contributed by atoms with Gasteiger partial charge in [0.2, 0.25) is 17.7 Å². The fourth-order valence-electron chi connectivity index (χ4n) is 3.71. The zero-order valence-corrected chi connectivity index (χ0v) is 18.8. The maximum Gasteiger partial charge on any atom is 0.245 e. The number of piperidine rings is 1. The number of anilines is 1. The molecule has 3 aromatic rings. The van der Waals surface area contributed by atoms with E-state index in [0.29, 0.717) is 54.0 Å². The summed E-state index contributed by atoms with van der Waals surface area (Å²) in [5.74, 6) is 1.17. The van der Waals surface area contributed by atoms with Crippen molar-refractivity contribution in [1.82, 2.24) is 9.88 Å². The molecular weight excluding hydrogens is 442 g/mol. The number of para-hydroxylation sites is 2. The van der Waals surface area contributed by atoms with Gasteiger partial charge in [-0.1, -0.05) is 42.4 Å². The third-order valence-electron chi connectivity index (χ3n) is 5.51. The number of benzene rings is 2. The SMILES string of the molecule is C=CC(=O)N1CCC(C(=O)Nc2ccccc2OCc2ncc(-c3cccc(Cl)c3)o2)CC1. The van der Waals surface area contributed by atoms with Crippen LogP contribution in [0.5, 0.6) is 5.75 Å². The van der Waals surface area contributed by atoms with Crippen LogP contribution in [0.3, 0.4) is 0 Å². The summed E-state index contributed by atoms with van der Waals surface area (Å²) in [6.45, 7) is 4.70. The Morgan fingerprint density at radius 1 is 1.21 bits per heavy atom. The lowest BCUT2D eigenvalue weighted by atomic mass is 9.95. The summed E-state index contributed by atoms with van der Waals surface area (Å²) in [6.07, 6.45) is 4.15. The molecule has 4 rings (SSSR count). The molecule has 8 heteroatoms. The van der Waals surface area contributed by atoms with Gasteiger partial charge in [0, 0.05) is 29.6 Å². The first-order valence-electron chi connectivity index (χ1n) is 10.7. The molecule has 0 unspecified atom stereocenters. The van der Waals surface area contributed by atoms with Gasteiger partial charge < -0.3 is 19.4 Å². The Morgan fingerprint density at radius 3 is 2.76 bits per heavy atom. The summed E-state index contributed by atoms with van der Waals surface area (Å²) in [6, 6.07) is 14.6. The molecule has 1 fully saturated rings. The van der Waals surface area contributed by atoms with Gasteiger partial charge in [-0.2, -0.15) is 0 Å². The number of aromatic nitrogens is 1. The van der Waals surface area contributed by atoms with E-state index in [0.717, 1.165) is 5.56 Å². The fraction of sp³-hybridized carbons (Fsp3) is 0.240. The highest BCUT2D eigenvalue weighted by molar-refractivity contribution is 6.30. The number of carbonyl (C=O) groups excluding carboxylic acids is 2. The third-order valence-corrected chi connectivity index (χ3v) is 5.75. The Morgan fingerprint density at radius 2 is 2.00 bits per heavy atom. The van der Waals surface area contributed by atoms with Crippen molar-refractivity contribution in [3.8, 4) is 17.1 Å². The number of carbonyl (C=O) groups is 2. The average molecular weight is 466 g/mol. The van der Waals surface area contributed by atoms with Crippen LogP contribution in [0.15, 0.2) is 71.8 Å². The molecule has 2 aromatic carbocycles. The summed E-state index contributed by atoms with van der Waals surface area (Å²) in [4.78, 5) is 30.5. The lowest BCUT2D eigenvalue weighted by molar-refractivity contribution is -0.130. The van der Waals surface area contributed by atoms with E-state index in [4.69, 9.17) is 20.8 Å². The number of ether oxygens (including phenoxy) is 1. The van der Waals surface area contributed by atoms with Crippen molar-refractivity contribution in [2.45, 2.75) is 19.4 Å². The predicted octanol–water partition coefficient (Wildman–Crippen LogP) is 4.94. The standard InChI is InChI=1S/C25H24ClN3O4/c1-2-24(30)29-12-10-17(11-13-29)25(31)28-20-8-3-4-9-21(20)32-16-23-27-15-22(33-23)18-6-5-7-19(26)14-18/h2-9,14-15,17H,1,10-13,16H2,(H,28,31). The Hall–Kier alpha value is -3.58. The topological polar surface area (TPSA) is 84.7 Å². The molecule has 1 aliphatic heterocycles. The van der Waals surface area contributed by atoms with Crippen LogP contribution < -0.4 is 10.1 Å². The highest BCUT2D eigenvalue weighted by Gasteiger charge is 2.27. The second-order valence-electron chi connectivity index (χ2n) is 7.71. The summed E-state index contributed by atoms with van der Waals surface area (Å²) in [5, 5.41) is 3.57. The van der Waals surface area contributed by atoms with Crippen molar-refractivity contribution < 1.29 is 18.7 Å². The van der Waals surface area contributed by atoms with Gasteiger partial charge in [-0.15, -0.1) is 0 Å². The van der Waals surface area contributed by atoms with Crippen LogP contribution in [-0.2, 0) is 16.2 Å². The van der Waals surface area contributed by atoms with Crippen LogP contribution in [0.25, 0.3) is 11.3 Å². The molecular formula is C25H24ClN3O4. The normalized spacial score (nSPS) is 14.0. The quantitative estimate of drug-likeness (QED) is 0.500. The number of hydrogen-bond donors (Lipinski definition) is 1. The number of nitrogens with zero attached hydrogens (tertiary/aromatic N) is 2. The second kappa shape index (κ2) is 10.4. The lowest BCUT2D eigenvalue weighted by Gasteiger charge is -2.30. The van der Waals surface area contributed by atoms with Gasteiger partial charge in [0.15, 0.2) is 12.4 Å². The first-order chi connectivity index (χ1) is 16.0. The highest BCUT2D eigenvalue weighted by Crippen LogP contribution is 2.28. The van der Waals surface area contributed by atoms with Gasteiger partial charge in [-0.25, -0.2) is 4.98 Å². The first-order valence-corrected chi connectivity index (χ1v) is 11.1. The van der Waals surface area contributed by atoms with Gasteiger partial charge in [-0.05, 0) is 43.2 Å². The van der Waals surface area contributed by atoms with E-state index in [1.165, 1.54) is 6.08 Å². The highest BCUT2D eigenvalue weighted by atomic mass is 35.5. The number of halogens is 1. The maximum atomic E-state index is 12.8. The third kappa shape index (κ3) is 5.62. The Labute approximate surface area is 197 Å². The molecule has 170 valence electrons. The largest absolute Gasteiger partial charge is 0.482 e. The summed E-state index contributed by atoms with van der Waals surface area (Å²) in [5.41, 5.74) is 1.41. The molecule has 0 radical (unpaired) electrons. The minimum atomic E-state index is -0.168. The van der Waals surface area contributed by atoms with Crippen molar-refractivity contribution in [3.05, 3.63) is 78.3 Å². The number of nitrogens with one attached hydrogen (secondary N) is 1. The predicted molar refractivity (Wildman–Crippen MR) is 126 cm³/mol. The van der Waals surface area contributed by atoms with E-state index in [2.05, 4.69) is 16.9 Å². The van der Waals surface area contributed by atoms with Crippen molar-refractivity contribution >= 4 is 29.1 Å². The van der Waals surface area contributed by atoms with Gasteiger partial charge in [0.05, 0.1) is 11.9 Å². The first kappa shape index (κ1) is 22.6. The van der Waals surface area contributed by atoms with E-state index in [-0.39, 0.29) is 24.3 Å². The monoisotopic (exact) mass is 465 g/mol. The second-order valence-corrected chi connectivity index (χ2v) is 8.14. The van der Waals surface area contributed by atoms with Crippen molar-refractivity contribution in [2.24, 2.45) is 5.92 Å². The Kier molecular flexibility index (Phi) is 7.10. The molecule has 1 aromatic heterocycles. The van der Waals surface area contributed by atoms with E-state index < -0.39 is 0 Å². The van der Waals surface area contributed by atoms with Crippen LogP contribution in [0, 0.1) is 5.92 Å². The summed E-state index contributed by atoms with van der Waals surface area (Å²) < 4.78 is 11.7. The van der Waals surface area contributed by atoms with E-state index in [9.17, 15) is 9.59 Å². The molecule has 0 bridgehead atoms. The van der Waals surface area contributed by atoms with Crippen LogP contribution in [-0.4, -0.2) is 34.8 Å². The average Bonchev–Trinajstić information content (AvgIpc) is 3.32. The molecule has 0 atom stereocenters. The zero-order valence-electron chi connectivity index (χ0n) is 18.0. The molecule has 7 nitrogen and oxygen atoms in total. The molecule has 1 aliphatic rings. The van der Waals surface area contributed by atoms with Gasteiger partial charge in [0.1, 0.15) is 5.75 Å². The molecule has 0 spiro atoms.